The fourth-order valence-electron chi connectivity index (χ4n) is 1.64. The summed E-state index contributed by atoms with van der Waals surface area (Å²) in [6.07, 6.45) is 6.60. The van der Waals surface area contributed by atoms with Crippen molar-refractivity contribution in [3.63, 3.8) is 0 Å². The summed E-state index contributed by atoms with van der Waals surface area (Å²) in [4.78, 5) is 12.0. The monoisotopic (exact) mass is 420 g/mol. The van der Waals surface area contributed by atoms with Crippen molar-refractivity contribution in [2.24, 2.45) is 5.10 Å². The Bertz CT molecular complexity index is 795. The standard InChI is InChI=1S/C16H10Br2N2O2/c1-2-10-4-3-5-12(15(10)21)9-19-20-16(22)11-6-7-13(17)14(18)8-11/h1,3-9,21H,(H,20,22). The Balaban J connectivity index is 2.11. The molecule has 2 N–H and O–H groups in total. The average Bonchev–Trinajstić information content (AvgIpc) is 2.51. The smallest absolute Gasteiger partial charge is 0.271 e. The van der Waals surface area contributed by atoms with Crippen molar-refractivity contribution in [3.05, 3.63) is 62.0 Å². The van der Waals surface area contributed by atoms with Gasteiger partial charge in [0.2, 0.25) is 0 Å². The lowest BCUT2D eigenvalue weighted by Crippen LogP contribution is -2.17. The Kier molecular flexibility index (Phi) is 5.36. The number of phenols is 1. The average molecular weight is 422 g/mol. The molecule has 22 heavy (non-hydrogen) atoms. The predicted octanol–water partition coefficient (Wildman–Crippen LogP) is 3.66. The topological polar surface area (TPSA) is 61.7 Å². The summed E-state index contributed by atoms with van der Waals surface area (Å²) in [5, 5.41) is 13.7. The van der Waals surface area contributed by atoms with Crippen LogP contribution in [0.3, 0.4) is 0 Å². The van der Waals surface area contributed by atoms with E-state index in [0.29, 0.717) is 16.7 Å². The zero-order valence-electron chi connectivity index (χ0n) is 11.2. The van der Waals surface area contributed by atoms with Crippen LogP contribution in [0.15, 0.2) is 50.4 Å². The van der Waals surface area contributed by atoms with Crippen LogP contribution in [-0.4, -0.2) is 17.2 Å². The van der Waals surface area contributed by atoms with E-state index in [9.17, 15) is 9.90 Å². The van der Waals surface area contributed by atoms with Crippen molar-refractivity contribution < 1.29 is 9.90 Å². The number of carbonyl (C=O) groups excluding carboxylic acids is 1. The van der Waals surface area contributed by atoms with Crippen LogP contribution in [0.4, 0.5) is 0 Å². The summed E-state index contributed by atoms with van der Waals surface area (Å²) in [6, 6.07) is 10.0. The third kappa shape index (κ3) is 3.75. The van der Waals surface area contributed by atoms with Crippen molar-refractivity contribution >= 4 is 44.0 Å². The lowest BCUT2D eigenvalue weighted by Gasteiger charge is -2.03. The van der Waals surface area contributed by atoms with E-state index >= 15 is 0 Å². The molecule has 110 valence electrons. The fourth-order valence-corrected chi connectivity index (χ4v) is 2.27. The molecule has 0 heterocycles. The molecular weight excluding hydrogens is 412 g/mol. The van der Waals surface area contributed by atoms with Crippen LogP contribution in [0.2, 0.25) is 0 Å². The van der Waals surface area contributed by atoms with E-state index in [1.54, 1.807) is 36.4 Å². The molecule has 0 fully saturated rings. The number of nitrogens with zero attached hydrogens (tertiary/aromatic N) is 1. The molecule has 2 aromatic rings. The van der Waals surface area contributed by atoms with Gasteiger partial charge < -0.3 is 5.11 Å². The molecule has 0 aliphatic rings. The second-order valence-electron chi connectivity index (χ2n) is 4.22. The SMILES string of the molecule is C#Cc1cccc(C=NNC(=O)c2ccc(Br)c(Br)c2)c1O. The number of para-hydroxylation sites is 1. The maximum atomic E-state index is 12.0. The summed E-state index contributed by atoms with van der Waals surface area (Å²) >= 11 is 6.66. The second-order valence-corrected chi connectivity index (χ2v) is 5.92. The molecule has 0 unspecified atom stereocenters. The molecule has 0 saturated carbocycles. The van der Waals surface area contributed by atoms with Crippen molar-refractivity contribution in [1.82, 2.24) is 5.43 Å². The number of hydrazone groups is 1. The molecule has 0 radical (unpaired) electrons. The number of nitrogens with one attached hydrogen (secondary N) is 1. The van der Waals surface area contributed by atoms with Crippen molar-refractivity contribution in [1.29, 1.82) is 0 Å². The van der Waals surface area contributed by atoms with Crippen LogP contribution < -0.4 is 5.43 Å². The first-order chi connectivity index (χ1) is 10.5. The number of hydrogen-bond acceptors (Lipinski definition) is 3. The van der Waals surface area contributed by atoms with Gasteiger partial charge in [-0.2, -0.15) is 5.10 Å². The van der Waals surface area contributed by atoms with E-state index in [4.69, 9.17) is 6.42 Å². The van der Waals surface area contributed by atoms with Gasteiger partial charge in [-0.1, -0.05) is 12.0 Å². The van der Waals surface area contributed by atoms with Gasteiger partial charge in [-0.3, -0.25) is 4.79 Å². The van der Waals surface area contributed by atoms with Gasteiger partial charge in [-0.25, -0.2) is 5.43 Å². The molecule has 2 rings (SSSR count). The zero-order valence-corrected chi connectivity index (χ0v) is 14.3. The quantitative estimate of drug-likeness (QED) is 0.451. The first kappa shape index (κ1) is 16.3. The van der Waals surface area contributed by atoms with E-state index in [2.05, 4.69) is 48.3 Å². The molecule has 0 aliphatic heterocycles. The van der Waals surface area contributed by atoms with Crippen LogP contribution in [0.25, 0.3) is 0 Å². The first-order valence-electron chi connectivity index (χ1n) is 6.10. The number of benzene rings is 2. The van der Waals surface area contributed by atoms with E-state index in [1.165, 1.54) is 6.21 Å². The molecule has 0 atom stereocenters. The number of terminal acetylenes is 1. The molecule has 0 aliphatic carbocycles. The Morgan fingerprint density at radius 2 is 2.05 bits per heavy atom. The van der Waals surface area contributed by atoms with Crippen LogP contribution in [0.1, 0.15) is 21.5 Å². The Labute approximate surface area is 144 Å². The van der Waals surface area contributed by atoms with Gasteiger partial charge in [0.05, 0.1) is 11.8 Å². The number of phenolic OH excluding ortho intramolecular Hbond substituents is 1. The van der Waals surface area contributed by atoms with Gasteiger partial charge in [0.1, 0.15) is 5.75 Å². The Morgan fingerprint density at radius 3 is 2.73 bits per heavy atom. The van der Waals surface area contributed by atoms with E-state index in [-0.39, 0.29) is 11.7 Å². The molecule has 2 aromatic carbocycles. The molecule has 4 nitrogen and oxygen atoms in total. The largest absolute Gasteiger partial charge is 0.506 e. The summed E-state index contributed by atoms with van der Waals surface area (Å²) in [5.74, 6) is 1.95. The highest BCUT2D eigenvalue weighted by Gasteiger charge is 2.07. The molecule has 0 bridgehead atoms. The third-order valence-corrected chi connectivity index (χ3v) is 4.65. The van der Waals surface area contributed by atoms with Crippen LogP contribution >= 0.6 is 31.9 Å². The summed E-state index contributed by atoms with van der Waals surface area (Å²) in [6.45, 7) is 0. The van der Waals surface area contributed by atoms with Crippen molar-refractivity contribution in [3.8, 4) is 18.1 Å². The molecule has 1 amide bonds. The maximum absolute atomic E-state index is 12.0. The van der Waals surface area contributed by atoms with Gasteiger partial charge in [-0.15, -0.1) is 6.42 Å². The van der Waals surface area contributed by atoms with E-state index in [0.717, 1.165) is 8.95 Å². The van der Waals surface area contributed by atoms with E-state index in [1.807, 2.05) is 0 Å². The molecule has 0 aromatic heterocycles. The summed E-state index contributed by atoms with van der Waals surface area (Å²) < 4.78 is 1.62. The number of hydrogen-bond donors (Lipinski definition) is 2. The van der Waals surface area contributed by atoms with Crippen LogP contribution in [-0.2, 0) is 0 Å². The third-order valence-electron chi connectivity index (χ3n) is 2.77. The Hall–Kier alpha value is -2.10. The maximum Gasteiger partial charge on any atom is 0.271 e. The molecule has 0 saturated heterocycles. The highest BCUT2D eigenvalue weighted by Crippen LogP contribution is 2.23. The normalized spacial score (nSPS) is 10.4. The van der Waals surface area contributed by atoms with Gasteiger partial charge in [0.15, 0.2) is 0 Å². The number of aromatic hydroxyl groups is 1. The minimum absolute atomic E-state index is 0.0469. The zero-order chi connectivity index (χ0) is 16.1. The predicted molar refractivity (Wildman–Crippen MR) is 92.9 cm³/mol. The van der Waals surface area contributed by atoms with Gasteiger partial charge in [0.25, 0.3) is 5.91 Å². The lowest BCUT2D eigenvalue weighted by molar-refractivity contribution is 0.0955. The van der Waals surface area contributed by atoms with Crippen molar-refractivity contribution in [2.45, 2.75) is 0 Å². The summed E-state index contributed by atoms with van der Waals surface area (Å²) in [7, 11) is 0. The molecular formula is C16H10Br2N2O2. The van der Waals surface area contributed by atoms with Gasteiger partial charge in [0, 0.05) is 20.1 Å². The fraction of sp³-hybridized carbons (Fsp3) is 0. The molecule has 0 spiro atoms. The molecule has 6 heteroatoms. The minimum Gasteiger partial charge on any atom is -0.506 e. The second kappa shape index (κ2) is 7.25. The number of amides is 1. The van der Waals surface area contributed by atoms with Gasteiger partial charge in [-0.05, 0) is 62.2 Å². The number of halogens is 2. The highest BCUT2D eigenvalue weighted by atomic mass is 79.9. The van der Waals surface area contributed by atoms with E-state index < -0.39 is 0 Å². The summed E-state index contributed by atoms with van der Waals surface area (Å²) in [5.41, 5.74) is 3.63. The van der Waals surface area contributed by atoms with Crippen molar-refractivity contribution in [2.75, 3.05) is 0 Å². The minimum atomic E-state index is -0.364. The Morgan fingerprint density at radius 1 is 1.27 bits per heavy atom. The number of rotatable bonds is 3. The first-order valence-corrected chi connectivity index (χ1v) is 7.68. The number of carbonyl (C=O) groups is 1. The van der Waals surface area contributed by atoms with Crippen LogP contribution in [0.5, 0.6) is 5.75 Å². The van der Waals surface area contributed by atoms with Crippen LogP contribution in [0, 0.1) is 12.3 Å². The highest BCUT2D eigenvalue weighted by molar-refractivity contribution is 9.13. The lowest BCUT2D eigenvalue weighted by atomic mass is 10.1. The van der Waals surface area contributed by atoms with Gasteiger partial charge >= 0.3 is 0 Å².